The first kappa shape index (κ1) is 21.0. The van der Waals surface area contributed by atoms with Crippen LogP contribution in [0.15, 0.2) is 18.2 Å². The van der Waals surface area contributed by atoms with Crippen molar-refractivity contribution < 1.29 is 31.1 Å². The molecule has 1 amide bonds. The van der Waals surface area contributed by atoms with E-state index in [4.69, 9.17) is 11.3 Å². The molecule has 6 nitrogen and oxygen atoms in total. The van der Waals surface area contributed by atoms with Crippen molar-refractivity contribution in [2.75, 3.05) is 6.54 Å². The fourth-order valence-corrected chi connectivity index (χ4v) is 4.09. The van der Waals surface area contributed by atoms with Gasteiger partial charge in [-0.2, -0.15) is 13.2 Å². The average molecular weight is 404 g/mol. The Labute approximate surface area is 155 Å². The molecule has 1 saturated heterocycles. The van der Waals surface area contributed by atoms with Crippen LogP contribution in [-0.4, -0.2) is 36.5 Å². The largest absolute Gasteiger partial charge is 0.480 e. The normalized spacial score (nSPS) is 20.0. The quantitative estimate of drug-likeness (QED) is 0.719. The molecule has 1 atom stereocenters. The van der Waals surface area contributed by atoms with E-state index in [0.29, 0.717) is 6.07 Å². The van der Waals surface area contributed by atoms with Crippen LogP contribution in [0, 0.1) is 12.0 Å². The number of alkyl halides is 3. The molecule has 27 heavy (non-hydrogen) atoms. The highest BCUT2D eigenvalue weighted by Gasteiger charge is 2.52. The Morgan fingerprint density at radius 2 is 1.93 bits per heavy atom. The lowest BCUT2D eigenvalue weighted by Crippen LogP contribution is -2.40. The topological polar surface area (TPSA) is 68.0 Å². The van der Waals surface area contributed by atoms with E-state index in [1.54, 1.807) is 13.8 Å². The molecule has 0 N–H and O–H groups in total. The number of carbonyl (C=O) groups excluding carboxylic acids is 1. The standard InChI is InChI=1S/C17H19F3N2O4S/c1-10(2)27(24,25)22-9-16(3,4)14(15(22)23)26-11-6-7-13(21-5)12(8-11)17(18,19)20/h6-8,10,14H,9H2,1-4H3. The Morgan fingerprint density at radius 3 is 2.41 bits per heavy atom. The van der Waals surface area contributed by atoms with Gasteiger partial charge in [0.05, 0.1) is 17.4 Å². The highest BCUT2D eigenvalue weighted by atomic mass is 32.2. The monoisotopic (exact) mass is 404 g/mol. The second-order valence-corrected chi connectivity index (χ2v) is 9.63. The number of amides is 1. The summed E-state index contributed by atoms with van der Waals surface area (Å²) in [6.45, 7) is 12.8. The van der Waals surface area contributed by atoms with Gasteiger partial charge in [0.2, 0.25) is 10.0 Å². The zero-order valence-corrected chi connectivity index (χ0v) is 16.0. The molecule has 0 aliphatic carbocycles. The summed E-state index contributed by atoms with van der Waals surface area (Å²) in [5.74, 6) is -1.08. The molecule has 0 aromatic heterocycles. The van der Waals surface area contributed by atoms with Gasteiger partial charge >= 0.3 is 6.18 Å². The van der Waals surface area contributed by atoms with Crippen LogP contribution >= 0.6 is 0 Å². The zero-order valence-electron chi connectivity index (χ0n) is 15.2. The lowest BCUT2D eigenvalue weighted by Gasteiger charge is -2.24. The highest BCUT2D eigenvalue weighted by Crippen LogP contribution is 2.41. The summed E-state index contributed by atoms with van der Waals surface area (Å²) in [5, 5.41) is -0.828. The highest BCUT2D eigenvalue weighted by molar-refractivity contribution is 7.90. The predicted molar refractivity (Wildman–Crippen MR) is 91.7 cm³/mol. The van der Waals surface area contributed by atoms with E-state index in [9.17, 15) is 26.4 Å². The van der Waals surface area contributed by atoms with Crippen molar-refractivity contribution in [2.45, 2.75) is 45.2 Å². The van der Waals surface area contributed by atoms with Gasteiger partial charge in [-0.1, -0.05) is 19.9 Å². The lowest BCUT2D eigenvalue weighted by molar-refractivity contribution is -0.137. The van der Waals surface area contributed by atoms with Crippen molar-refractivity contribution in [3.05, 3.63) is 35.2 Å². The number of halogens is 3. The molecule has 2 rings (SSSR count). The number of benzene rings is 1. The van der Waals surface area contributed by atoms with Crippen LogP contribution in [0.3, 0.4) is 0 Å². The minimum atomic E-state index is -4.76. The second kappa shape index (κ2) is 6.71. The van der Waals surface area contributed by atoms with E-state index in [-0.39, 0.29) is 12.3 Å². The molecule has 1 heterocycles. The molecule has 1 aromatic rings. The molecule has 1 unspecified atom stereocenters. The lowest BCUT2D eigenvalue weighted by atomic mass is 9.89. The summed E-state index contributed by atoms with van der Waals surface area (Å²) < 4.78 is 70.3. The van der Waals surface area contributed by atoms with Crippen LogP contribution in [0.4, 0.5) is 18.9 Å². The maximum Gasteiger partial charge on any atom is 0.407 e. The first-order valence-corrected chi connectivity index (χ1v) is 9.53. The third-order valence-corrected chi connectivity index (χ3v) is 6.40. The third-order valence-electron chi connectivity index (χ3n) is 4.28. The van der Waals surface area contributed by atoms with Crippen molar-refractivity contribution in [3.63, 3.8) is 0 Å². The Balaban J connectivity index is 2.40. The number of hydrogen-bond acceptors (Lipinski definition) is 4. The van der Waals surface area contributed by atoms with E-state index in [0.717, 1.165) is 16.4 Å². The number of nitrogens with zero attached hydrogens (tertiary/aromatic N) is 2. The van der Waals surface area contributed by atoms with E-state index in [2.05, 4.69) is 4.85 Å². The second-order valence-electron chi connectivity index (χ2n) is 7.21. The third kappa shape index (κ3) is 3.88. The van der Waals surface area contributed by atoms with E-state index < -0.39 is 50.1 Å². The Bertz CT molecular complexity index is 902. The van der Waals surface area contributed by atoms with Gasteiger partial charge in [0, 0.05) is 12.0 Å². The van der Waals surface area contributed by atoms with Gasteiger partial charge in [-0.3, -0.25) is 4.79 Å². The van der Waals surface area contributed by atoms with E-state index >= 15 is 0 Å². The molecular formula is C17H19F3N2O4S. The van der Waals surface area contributed by atoms with Crippen molar-refractivity contribution in [2.24, 2.45) is 5.41 Å². The molecular weight excluding hydrogens is 385 g/mol. The maximum absolute atomic E-state index is 13.1. The zero-order chi connectivity index (χ0) is 20.8. The molecule has 0 saturated carbocycles. The number of sulfonamides is 1. The van der Waals surface area contributed by atoms with Gasteiger partial charge < -0.3 is 4.74 Å². The van der Waals surface area contributed by atoms with Gasteiger partial charge in [0.15, 0.2) is 11.8 Å². The van der Waals surface area contributed by atoms with Crippen molar-refractivity contribution in [3.8, 4) is 5.75 Å². The molecule has 1 aromatic carbocycles. The fourth-order valence-electron chi connectivity index (χ4n) is 2.72. The average Bonchev–Trinajstić information content (AvgIpc) is 2.77. The van der Waals surface area contributed by atoms with Crippen LogP contribution in [0.5, 0.6) is 5.75 Å². The summed E-state index contributed by atoms with van der Waals surface area (Å²) in [6, 6.07) is 2.77. The minimum absolute atomic E-state index is 0.136. The summed E-state index contributed by atoms with van der Waals surface area (Å²) in [4.78, 5) is 15.5. The van der Waals surface area contributed by atoms with Gasteiger partial charge in [0.25, 0.3) is 5.91 Å². The van der Waals surface area contributed by atoms with Gasteiger partial charge in [0.1, 0.15) is 5.75 Å². The molecule has 1 aliphatic heterocycles. The summed E-state index contributed by atoms with van der Waals surface area (Å²) in [5.41, 5.74) is -2.71. The summed E-state index contributed by atoms with van der Waals surface area (Å²) >= 11 is 0. The van der Waals surface area contributed by atoms with Crippen molar-refractivity contribution >= 4 is 21.6 Å². The first-order valence-electron chi connectivity index (χ1n) is 8.02. The van der Waals surface area contributed by atoms with E-state index in [1.165, 1.54) is 13.8 Å². The van der Waals surface area contributed by atoms with Crippen LogP contribution in [0.25, 0.3) is 4.85 Å². The number of ether oxygens (including phenoxy) is 1. The van der Waals surface area contributed by atoms with Crippen molar-refractivity contribution in [1.29, 1.82) is 0 Å². The molecule has 0 bridgehead atoms. The summed E-state index contributed by atoms with van der Waals surface area (Å²) in [7, 11) is -3.88. The van der Waals surface area contributed by atoms with E-state index in [1.807, 2.05) is 0 Å². The number of hydrogen-bond donors (Lipinski definition) is 0. The fraction of sp³-hybridized carbons (Fsp3) is 0.529. The van der Waals surface area contributed by atoms with Crippen LogP contribution < -0.4 is 4.74 Å². The van der Waals surface area contributed by atoms with Gasteiger partial charge in [-0.25, -0.2) is 17.6 Å². The minimum Gasteiger partial charge on any atom is -0.480 e. The van der Waals surface area contributed by atoms with Gasteiger partial charge in [-0.15, -0.1) is 0 Å². The van der Waals surface area contributed by atoms with Crippen molar-refractivity contribution in [1.82, 2.24) is 4.31 Å². The first-order chi connectivity index (χ1) is 12.2. The Hall–Kier alpha value is -2.28. The van der Waals surface area contributed by atoms with Crippen LogP contribution in [0.2, 0.25) is 0 Å². The number of rotatable bonds is 4. The molecule has 0 spiro atoms. The predicted octanol–water partition coefficient (Wildman–Crippen LogP) is 3.61. The van der Waals surface area contributed by atoms with Crippen LogP contribution in [-0.2, 0) is 21.0 Å². The molecule has 148 valence electrons. The Morgan fingerprint density at radius 1 is 1.33 bits per heavy atom. The molecule has 1 aliphatic rings. The summed E-state index contributed by atoms with van der Waals surface area (Å²) in [6.07, 6.45) is -6.03. The maximum atomic E-state index is 13.1. The SMILES string of the molecule is [C-]#[N+]c1ccc(OC2C(=O)N(S(=O)(=O)C(C)C)CC2(C)C)cc1C(F)(F)F. The molecule has 10 heteroatoms. The number of carbonyl (C=O) groups is 1. The van der Waals surface area contributed by atoms with Crippen LogP contribution in [0.1, 0.15) is 33.3 Å². The molecule has 1 fully saturated rings. The Kier molecular flexibility index (Phi) is 5.22. The smallest absolute Gasteiger partial charge is 0.407 e. The van der Waals surface area contributed by atoms with Gasteiger partial charge in [-0.05, 0) is 26.0 Å². The molecule has 0 radical (unpaired) electrons.